The Hall–Kier alpha value is -1.75. The summed E-state index contributed by atoms with van der Waals surface area (Å²) >= 11 is 1.44. The molecule has 0 saturated carbocycles. The predicted molar refractivity (Wildman–Crippen MR) is 90.7 cm³/mol. The number of benzene rings is 2. The summed E-state index contributed by atoms with van der Waals surface area (Å²) in [5.74, 6) is 0. The van der Waals surface area contributed by atoms with Gasteiger partial charge in [-0.2, -0.15) is 0 Å². The van der Waals surface area contributed by atoms with Crippen LogP contribution in [0.1, 0.15) is 22.1 Å². The smallest absolute Gasteiger partial charge is 0.114 e. The number of hydrogen-bond donors (Lipinski definition) is 1. The van der Waals surface area contributed by atoms with Gasteiger partial charge in [0.1, 0.15) is 6.10 Å². The van der Waals surface area contributed by atoms with E-state index in [1.165, 1.54) is 11.3 Å². The van der Waals surface area contributed by atoms with E-state index >= 15 is 0 Å². The zero-order valence-electron chi connectivity index (χ0n) is 12.1. The van der Waals surface area contributed by atoms with Crippen LogP contribution < -0.4 is 0 Å². The third-order valence-corrected chi connectivity index (χ3v) is 6.01. The van der Waals surface area contributed by atoms with Gasteiger partial charge in [-0.1, -0.05) is 48.0 Å². The van der Waals surface area contributed by atoms with Crippen LogP contribution in [0.2, 0.25) is 0 Å². The number of rotatable bonds is 4. The van der Waals surface area contributed by atoms with Crippen molar-refractivity contribution in [3.8, 4) is 0 Å². The number of thiophene rings is 1. The molecule has 0 aliphatic heterocycles. The number of aryl methyl sites for hydroxylation is 1. The average Bonchev–Trinajstić information content (AvgIpc) is 3.04. The Morgan fingerprint density at radius 2 is 1.68 bits per heavy atom. The standard InChI is InChI=1S/C18H16O2S2/c1-13-7-9-15(10-8-13)22(20)16-11-12-21-18(16)17(19)14-5-3-2-4-6-14/h2-12,17,19H,1H3/t17-,22+/m1/s1. The molecule has 0 amide bonds. The van der Waals surface area contributed by atoms with Crippen molar-refractivity contribution < 1.29 is 9.32 Å². The van der Waals surface area contributed by atoms with Crippen LogP contribution in [-0.2, 0) is 10.8 Å². The summed E-state index contributed by atoms with van der Waals surface area (Å²) in [7, 11) is -1.28. The Morgan fingerprint density at radius 1 is 1.00 bits per heavy atom. The molecular weight excluding hydrogens is 312 g/mol. The summed E-state index contributed by atoms with van der Waals surface area (Å²) in [4.78, 5) is 2.18. The molecule has 22 heavy (non-hydrogen) atoms. The molecule has 1 N–H and O–H groups in total. The monoisotopic (exact) mass is 328 g/mol. The topological polar surface area (TPSA) is 37.3 Å². The van der Waals surface area contributed by atoms with Crippen LogP contribution in [0, 0.1) is 6.92 Å². The summed E-state index contributed by atoms with van der Waals surface area (Å²) in [6.45, 7) is 2.00. The van der Waals surface area contributed by atoms with E-state index in [1.807, 2.05) is 73.0 Å². The van der Waals surface area contributed by atoms with E-state index in [4.69, 9.17) is 0 Å². The highest BCUT2D eigenvalue weighted by molar-refractivity contribution is 7.85. The third kappa shape index (κ3) is 3.04. The highest BCUT2D eigenvalue weighted by atomic mass is 32.2. The maximum Gasteiger partial charge on any atom is 0.114 e. The Bertz CT molecular complexity index is 776. The molecule has 3 rings (SSSR count). The van der Waals surface area contributed by atoms with Crippen molar-refractivity contribution in [3.05, 3.63) is 82.0 Å². The SMILES string of the molecule is Cc1ccc([S@](=O)c2ccsc2[C@H](O)c2ccccc2)cc1. The van der Waals surface area contributed by atoms with E-state index < -0.39 is 16.9 Å². The molecule has 0 saturated heterocycles. The highest BCUT2D eigenvalue weighted by Gasteiger charge is 2.20. The Labute approximate surface area is 136 Å². The van der Waals surface area contributed by atoms with E-state index in [0.717, 1.165) is 20.9 Å². The first-order valence-corrected chi connectivity index (χ1v) is 8.98. The molecule has 0 spiro atoms. The summed E-state index contributed by atoms with van der Waals surface area (Å²) in [6.07, 6.45) is -0.745. The van der Waals surface area contributed by atoms with Crippen molar-refractivity contribution >= 4 is 22.1 Å². The first kappa shape index (κ1) is 15.2. The molecule has 112 valence electrons. The largest absolute Gasteiger partial charge is 0.383 e. The molecule has 2 aromatic carbocycles. The summed E-state index contributed by atoms with van der Waals surface area (Å²) in [5, 5.41) is 12.5. The molecule has 1 aromatic heterocycles. The van der Waals surface area contributed by atoms with Gasteiger partial charge < -0.3 is 5.11 Å². The zero-order chi connectivity index (χ0) is 15.5. The molecule has 4 heteroatoms. The molecule has 0 aliphatic carbocycles. The zero-order valence-corrected chi connectivity index (χ0v) is 13.7. The Kier molecular flexibility index (Phi) is 4.52. The minimum atomic E-state index is -1.28. The van der Waals surface area contributed by atoms with Crippen LogP contribution in [-0.4, -0.2) is 9.32 Å². The molecular formula is C18H16O2S2. The second kappa shape index (κ2) is 6.57. The molecule has 0 unspecified atom stereocenters. The minimum absolute atomic E-state index is 0.685. The lowest BCUT2D eigenvalue weighted by Crippen LogP contribution is -2.02. The molecule has 0 aliphatic rings. The summed E-state index contributed by atoms with van der Waals surface area (Å²) in [5.41, 5.74) is 1.95. The van der Waals surface area contributed by atoms with Crippen LogP contribution in [0.5, 0.6) is 0 Å². The second-order valence-electron chi connectivity index (χ2n) is 5.04. The average molecular weight is 328 g/mol. The van der Waals surface area contributed by atoms with Crippen LogP contribution in [0.4, 0.5) is 0 Å². The molecule has 3 aromatic rings. The van der Waals surface area contributed by atoms with Crippen molar-refractivity contribution in [2.75, 3.05) is 0 Å². The van der Waals surface area contributed by atoms with Gasteiger partial charge in [0.15, 0.2) is 0 Å². The normalized spacial score (nSPS) is 13.7. The lowest BCUT2D eigenvalue weighted by atomic mass is 10.1. The predicted octanol–water partition coefficient (Wildman–Crippen LogP) is 4.30. The molecule has 1 heterocycles. The third-order valence-electron chi connectivity index (χ3n) is 3.46. The lowest BCUT2D eigenvalue weighted by molar-refractivity contribution is 0.221. The van der Waals surface area contributed by atoms with Crippen molar-refractivity contribution in [1.29, 1.82) is 0 Å². The second-order valence-corrected chi connectivity index (χ2v) is 7.44. The van der Waals surface area contributed by atoms with Crippen molar-refractivity contribution in [1.82, 2.24) is 0 Å². The fraction of sp³-hybridized carbons (Fsp3) is 0.111. The van der Waals surface area contributed by atoms with Gasteiger partial charge in [-0.05, 0) is 36.1 Å². The quantitative estimate of drug-likeness (QED) is 0.775. The Morgan fingerprint density at radius 3 is 2.36 bits per heavy atom. The van der Waals surface area contributed by atoms with Gasteiger partial charge in [0.25, 0.3) is 0 Å². The van der Waals surface area contributed by atoms with E-state index in [2.05, 4.69) is 0 Å². The van der Waals surface area contributed by atoms with Gasteiger partial charge in [-0.25, -0.2) is 4.21 Å². The van der Waals surface area contributed by atoms with Gasteiger partial charge in [0, 0.05) is 4.90 Å². The number of hydrogen-bond acceptors (Lipinski definition) is 3. The molecule has 2 nitrogen and oxygen atoms in total. The molecule has 0 radical (unpaired) electrons. The van der Waals surface area contributed by atoms with Crippen molar-refractivity contribution in [2.24, 2.45) is 0 Å². The maximum absolute atomic E-state index is 12.8. The lowest BCUT2D eigenvalue weighted by Gasteiger charge is -2.12. The van der Waals surface area contributed by atoms with Gasteiger partial charge in [0.2, 0.25) is 0 Å². The highest BCUT2D eigenvalue weighted by Crippen LogP contribution is 2.33. The Balaban J connectivity index is 1.95. The fourth-order valence-corrected chi connectivity index (χ4v) is 4.62. The molecule has 0 bridgehead atoms. The minimum Gasteiger partial charge on any atom is -0.383 e. The first-order chi connectivity index (χ1) is 10.7. The van der Waals surface area contributed by atoms with Crippen LogP contribution in [0.25, 0.3) is 0 Å². The van der Waals surface area contributed by atoms with E-state index in [-0.39, 0.29) is 0 Å². The molecule has 0 fully saturated rings. The maximum atomic E-state index is 12.8. The number of aliphatic hydroxyl groups is 1. The molecule has 2 atom stereocenters. The van der Waals surface area contributed by atoms with Gasteiger partial charge in [-0.3, -0.25) is 0 Å². The van der Waals surface area contributed by atoms with Crippen molar-refractivity contribution in [3.63, 3.8) is 0 Å². The fourth-order valence-electron chi connectivity index (χ4n) is 2.24. The van der Waals surface area contributed by atoms with E-state index in [1.54, 1.807) is 0 Å². The van der Waals surface area contributed by atoms with Gasteiger partial charge >= 0.3 is 0 Å². The van der Waals surface area contributed by atoms with Crippen LogP contribution in [0.15, 0.2) is 75.8 Å². The first-order valence-electron chi connectivity index (χ1n) is 6.95. The number of aliphatic hydroxyl groups excluding tert-OH is 1. The van der Waals surface area contributed by atoms with Crippen LogP contribution in [0.3, 0.4) is 0 Å². The van der Waals surface area contributed by atoms with Crippen LogP contribution >= 0.6 is 11.3 Å². The van der Waals surface area contributed by atoms with E-state index in [0.29, 0.717) is 4.90 Å². The van der Waals surface area contributed by atoms with E-state index in [9.17, 15) is 9.32 Å². The van der Waals surface area contributed by atoms with Gasteiger partial charge in [-0.15, -0.1) is 11.3 Å². The van der Waals surface area contributed by atoms with Gasteiger partial charge in [0.05, 0.1) is 20.6 Å². The van der Waals surface area contributed by atoms with Crippen molar-refractivity contribution in [2.45, 2.75) is 22.8 Å². The summed E-state index contributed by atoms with van der Waals surface area (Å²) < 4.78 is 12.8. The summed E-state index contributed by atoms with van der Waals surface area (Å²) in [6, 6.07) is 18.9.